The topological polar surface area (TPSA) is 40.6 Å². The molecule has 2 aliphatic rings. The van der Waals surface area contributed by atoms with E-state index in [2.05, 4.69) is 29.2 Å². The fourth-order valence-electron chi connectivity index (χ4n) is 3.72. The summed E-state index contributed by atoms with van der Waals surface area (Å²) in [7, 11) is -3.15. The van der Waals surface area contributed by atoms with Gasteiger partial charge < -0.3 is 0 Å². The van der Waals surface area contributed by atoms with Gasteiger partial charge in [-0.2, -0.15) is 4.31 Å². The SMILES string of the molecule is O=S(=O)(CCc1ccccc1)N1CC(N2CCc3ccccc3C2)C1. The number of hydrogen-bond acceptors (Lipinski definition) is 3. The van der Waals surface area contributed by atoms with Crippen molar-refractivity contribution in [3.8, 4) is 0 Å². The van der Waals surface area contributed by atoms with Gasteiger partial charge in [0.1, 0.15) is 0 Å². The average molecular weight is 356 g/mol. The molecule has 1 saturated heterocycles. The number of sulfonamides is 1. The largest absolute Gasteiger partial charge is 0.293 e. The number of nitrogens with zero attached hydrogens (tertiary/aromatic N) is 2. The Morgan fingerprint density at radius 2 is 1.60 bits per heavy atom. The summed E-state index contributed by atoms with van der Waals surface area (Å²) in [6.45, 7) is 3.25. The van der Waals surface area contributed by atoms with Crippen LogP contribution in [0.25, 0.3) is 0 Å². The molecule has 0 radical (unpaired) electrons. The van der Waals surface area contributed by atoms with Crippen LogP contribution in [-0.4, -0.2) is 49.1 Å². The predicted octanol–water partition coefficient (Wildman–Crippen LogP) is 2.30. The molecule has 0 saturated carbocycles. The Hall–Kier alpha value is -1.69. The number of benzene rings is 2. The molecule has 0 aromatic heterocycles. The van der Waals surface area contributed by atoms with Crippen molar-refractivity contribution in [2.45, 2.75) is 25.4 Å². The summed E-state index contributed by atoms with van der Waals surface area (Å²) in [6.07, 6.45) is 1.65. The van der Waals surface area contributed by atoms with Crippen LogP contribution in [0.1, 0.15) is 16.7 Å². The van der Waals surface area contributed by atoms with Gasteiger partial charge in [0.15, 0.2) is 0 Å². The maximum absolute atomic E-state index is 12.5. The minimum absolute atomic E-state index is 0.201. The molecule has 2 heterocycles. The number of aryl methyl sites for hydroxylation is 1. The highest BCUT2D eigenvalue weighted by molar-refractivity contribution is 7.89. The summed E-state index contributed by atoms with van der Waals surface area (Å²) in [6, 6.07) is 18.8. The zero-order valence-corrected chi connectivity index (χ0v) is 15.2. The molecular weight excluding hydrogens is 332 g/mol. The third-order valence-corrected chi connectivity index (χ3v) is 7.20. The van der Waals surface area contributed by atoms with Gasteiger partial charge in [-0.25, -0.2) is 8.42 Å². The summed E-state index contributed by atoms with van der Waals surface area (Å²) in [5, 5.41) is 0. The molecule has 0 unspecified atom stereocenters. The number of fused-ring (bicyclic) bond motifs is 1. The molecule has 2 aromatic rings. The molecular formula is C20H24N2O2S. The average Bonchev–Trinajstić information content (AvgIpc) is 2.59. The van der Waals surface area contributed by atoms with Crippen LogP contribution in [0.3, 0.4) is 0 Å². The lowest BCUT2D eigenvalue weighted by atomic mass is 9.97. The second-order valence-corrected chi connectivity index (χ2v) is 9.10. The first-order valence-electron chi connectivity index (χ1n) is 8.94. The second-order valence-electron chi connectivity index (χ2n) is 7.01. The van der Waals surface area contributed by atoms with E-state index in [0.29, 0.717) is 25.6 Å². The lowest BCUT2D eigenvalue weighted by Gasteiger charge is -2.46. The molecule has 0 amide bonds. The zero-order chi connectivity index (χ0) is 17.3. The molecule has 5 heteroatoms. The molecule has 1 fully saturated rings. The third kappa shape index (κ3) is 3.64. The molecule has 2 aliphatic heterocycles. The van der Waals surface area contributed by atoms with Crippen LogP contribution in [0.2, 0.25) is 0 Å². The smallest absolute Gasteiger partial charge is 0.214 e. The van der Waals surface area contributed by atoms with E-state index >= 15 is 0 Å². The van der Waals surface area contributed by atoms with Gasteiger partial charge in [-0.15, -0.1) is 0 Å². The summed E-state index contributed by atoms with van der Waals surface area (Å²) >= 11 is 0. The Kier molecular flexibility index (Phi) is 4.63. The first-order chi connectivity index (χ1) is 12.1. The molecule has 0 N–H and O–H groups in total. The minimum Gasteiger partial charge on any atom is -0.293 e. The normalized spacial score (nSPS) is 19.4. The van der Waals surface area contributed by atoms with Gasteiger partial charge in [0, 0.05) is 32.2 Å². The van der Waals surface area contributed by atoms with Crippen LogP contribution in [-0.2, 0) is 29.4 Å². The molecule has 0 aliphatic carbocycles. The lowest BCUT2D eigenvalue weighted by Crippen LogP contribution is -2.61. The van der Waals surface area contributed by atoms with Crippen LogP contribution >= 0.6 is 0 Å². The van der Waals surface area contributed by atoms with Gasteiger partial charge in [-0.05, 0) is 29.5 Å². The van der Waals surface area contributed by atoms with E-state index in [1.165, 1.54) is 11.1 Å². The van der Waals surface area contributed by atoms with Crippen LogP contribution in [0.4, 0.5) is 0 Å². The van der Waals surface area contributed by atoms with Gasteiger partial charge in [-0.3, -0.25) is 4.90 Å². The van der Waals surface area contributed by atoms with Crippen molar-refractivity contribution >= 4 is 10.0 Å². The molecule has 132 valence electrons. The minimum atomic E-state index is -3.15. The van der Waals surface area contributed by atoms with Gasteiger partial charge in [0.25, 0.3) is 0 Å². The van der Waals surface area contributed by atoms with E-state index in [4.69, 9.17) is 0 Å². The van der Waals surface area contributed by atoms with Gasteiger partial charge in [0.2, 0.25) is 10.0 Å². The fraction of sp³-hybridized carbons (Fsp3) is 0.400. The van der Waals surface area contributed by atoms with Gasteiger partial charge >= 0.3 is 0 Å². The highest BCUT2D eigenvalue weighted by Gasteiger charge is 2.39. The van der Waals surface area contributed by atoms with Crippen LogP contribution in [0, 0.1) is 0 Å². The van der Waals surface area contributed by atoms with Crippen LogP contribution in [0.5, 0.6) is 0 Å². The molecule has 2 aromatic carbocycles. The summed E-state index contributed by atoms with van der Waals surface area (Å²) in [5.74, 6) is 0.201. The predicted molar refractivity (Wildman–Crippen MR) is 99.8 cm³/mol. The van der Waals surface area contributed by atoms with Crippen molar-refractivity contribution in [2.24, 2.45) is 0 Å². The Labute approximate surface area is 150 Å². The number of hydrogen-bond donors (Lipinski definition) is 0. The molecule has 0 bridgehead atoms. The van der Waals surface area contributed by atoms with Crippen molar-refractivity contribution in [2.75, 3.05) is 25.4 Å². The molecule has 0 atom stereocenters. The number of rotatable bonds is 5. The van der Waals surface area contributed by atoms with Crippen molar-refractivity contribution in [3.63, 3.8) is 0 Å². The molecule has 4 rings (SSSR count). The van der Waals surface area contributed by atoms with E-state index in [-0.39, 0.29) is 5.75 Å². The Morgan fingerprint density at radius 3 is 2.36 bits per heavy atom. The lowest BCUT2D eigenvalue weighted by molar-refractivity contribution is 0.0769. The Morgan fingerprint density at radius 1 is 0.920 bits per heavy atom. The monoisotopic (exact) mass is 356 g/mol. The van der Waals surface area contributed by atoms with E-state index in [0.717, 1.165) is 25.1 Å². The van der Waals surface area contributed by atoms with Gasteiger partial charge in [0.05, 0.1) is 5.75 Å². The van der Waals surface area contributed by atoms with Crippen molar-refractivity contribution in [3.05, 3.63) is 71.3 Å². The third-order valence-electron chi connectivity index (χ3n) is 5.39. The fourth-order valence-corrected chi connectivity index (χ4v) is 5.27. The zero-order valence-electron chi connectivity index (χ0n) is 14.3. The quantitative estimate of drug-likeness (QED) is 0.825. The summed E-state index contributed by atoms with van der Waals surface area (Å²) in [4.78, 5) is 2.44. The maximum atomic E-state index is 12.5. The Bertz CT molecular complexity index is 830. The molecule has 0 spiro atoms. The van der Waals surface area contributed by atoms with E-state index in [9.17, 15) is 8.42 Å². The molecule has 4 nitrogen and oxygen atoms in total. The van der Waals surface area contributed by atoms with Gasteiger partial charge in [-0.1, -0.05) is 54.6 Å². The maximum Gasteiger partial charge on any atom is 0.214 e. The standard InChI is InChI=1S/C20H24N2O2S/c23-25(24,13-11-17-6-2-1-3-7-17)22-15-20(16-22)21-12-10-18-8-4-5-9-19(18)14-21/h1-9,20H,10-16H2. The summed E-state index contributed by atoms with van der Waals surface area (Å²) in [5.41, 5.74) is 3.90. The van der Waals surface area contributed by atoms with E-state index in [1.54, 1.807) is 4.31 Å². The van der Waals surface area contributed by atoms with Crippen LogP contribution < -0.4 is 0 Å². The summed E-state index contributed by atoms with van der Waals surface area (Å²) < 4.78 is 26.7. The van der Waals surface area contributed by atoms with Crippen molar-refractivity contribution in [1.82, 2.24) is 9.21 Å². The van der Waals surface area contributed by atoms with Crippen LogP contribution in [0.15, 0.2) is 54.6 Å². The highest BCUT2D eigenvalue weighted by atomic mass is 32.2. The Balaban J connectivity index is 1.31. The van der Waals surface area contributed by atoms with Crippen molar-refractivity contribution in [1.29, 1.82) is 0 Å². The van der Waals surface area contributed by atoms with E-state index < -0.39 is 10.0 Å². The molecule has 25 heavy (non-hydrogen) atoms. The van der Waals surface area contributed by atoms with Crippen molar-refractivity contribution < 1.29 is 8.42 Å². The first kappa shape index (κ1) is 16.8. The van der Waals surface area contributed by atoms with E-state index in [1.807, 2.05) is 30.3 Å². The first-order valence-corrected chi connectivity index (χ1v) is 10.6. The highest BCUT2D eigenvalue weighted by Crippen LogP contribution is 2.26. The second kappa shape index (κ2) is 6.90.